The molecule has 0 saturated heterocycles. The Hall–Kier alpha value is -3.85. The number of imidazole rings is 1. The molecule has 5 rings (SSSR count). The first-order valence-corrected chi connectivity index (χ1v) is 14.0. The molecule has 2 saturated carbocycles. The Bertz CT molecular complexity index is 1510. The normalized spacial score (nSPS) is 19.0. The van der Waals surface area contributed by atoms with Gasteiger partial charge in [-0.15, -0.1) is 0 Å². The van der Waals surface area contributed by atoms with E-state index in [2.05, 4.69) is 25.7 Å². The molecule has 2 aliphatic carbocycles. The van der Waals surface area contributed by atoms with Gasteiger partial charge in [-0.05, 0) is 61.3 Å². The number of carbonyl (C=O) groups excluding carboxylic acids is 2. The molecule has 0 spiro atoms. The molecular weight excluding hydrogens is 604 g/mol. The number of rotatable bonds is 9. The number of nitrogens with one attached hydrogen (secondary N) is 2. The van der Waals surface area contributed by atoms with E-state index >= 15 is 0 Å². The summed E-state index contributed by atoms with van der Waals surface area (Å²) in [5.41, 5.74) is -0.605. The first-order valence-electron chi connectivity index (χ1n) is 14.0. The predicted octanol–water partition coefficient (Wildman–Crippen LogP) is 6.35. The van der Waals surface area contributed by atoms with Gasteiger partial charge in [-0.3, -0.25) is 14.6 Å². The number of aromatic nitrogens is 4. The fourth-order valence-electron chi connectivity index (χ4n) is 5.41. The number of pyridine rings is 1. The van der Waals surface area contributed by atoms with Crippen molar-refractivity contribution in [3.63, 3.8) is 0 Å². The highest BCUT2D eigenvalue weighted by atomic mass is 19.4. The third kappa shape index (κ3) is 7.80. The summed E-state index contributed by atoms with van der Waals surface area (Å²) >= 11 is 0. The molecule has 3 heterocycles. The minimum Gasteiger partial charge on any atom is -0.349 e. The van der Waals surface area contributed by atoms with E-state index < -0.39 is 85.0 Å². The molecule has 3 aromatic heterocycles. The fourth-order valence-corrected chi connectivity index (χ4v) is 5.41. The molecule has 2 aliphatic rings. The lowest BCUT2D eigenvalue weighted by molar-refractivity contribution is -0.144. The second-order valence-electron chi connectivity index (χ2n) is 11.3. The van der Waals surface area contributed by atoms with Crippen LogP contribution in [0.15, 0.2) is 36.8 Å². The Morgan fingerprint density at radius 3 is 2.30 bits per heavy atom. The quantitative estimate of drug-likeness (QED) is 0.268. The minimum absolute atomic E-state index is 0.000533. The van der Waals surface area contributed by atoms with Crippen molar-refractivity contribution in [1.29, 1.82) is 0 Å². The number of alkyl halides is 8. The summed E-state index contributed by atoms with van der Waals surface area (Å²) in [5, 5.41) is 9.59. The Morgan fingerprint density at radius 1 is 0.977 bits per heavy atom. The number of hydrogen-bond acceptors (Lipinski definition) is 5. The molecule has 0 bridgehead atoms. The number of nitrogens with zero attached hydrogens (tertiary/aromatic N) is 4. The fraction of sp³-hybridized carbons (Fsp3) is 0.536. The van der Waals surface area contributed by atoms with Crippen LogP contribution in [0.3, 0.4) is 0 Å². The van der Waals surface area contributed by atoms with Gasteiger partial charge in [0.1, 0.15) is 5.69 Å². The molecule has 2 N–H and O–H groups in total. The number of hydrogen-bond donors (Lipinski definition) is 2. The van der Waals surface area contributed by atoms with Crippen LogP contribution in [0.1, 0.15) is 90.8 Å². The van der Waals surface area contributed by atoms with Crippen LogP contribution in [0.5, 0.6) is 0 Å². The van der Waals surface area contributed by atoms with Crippen molar-refractivity contribution in [2.45, 2.75) is 81.7 Å². The lowest BCUT2D eigenvalue weighted by Gasteiger charge is -2.33. The topological polar surface area (TPSA) is 101 Å². The van der Waals surface area contributed by atoms with Gasteiger partial charge < -0.3 is 10.6 Å². The summed E-state index contributed by atoms with van der Waals surface area (Å²) in [6.45, 7) is 0. The van der Waals surface area contributed by atoms with Crippen LogP contribution < -0.4 is 10.6 Å². The summed E-state index contributed by atoms with van der Waals surface area (Å²) in [6.07, 6.45) is -6.80. The van der Waals surface area contributed by atoms with Gasteiger partial charge in [0, 0.05) is 25.5 Å². The van der Waals surface area contributed by atoms with Crippen molar-refractivity contribution in [2.75, 3.05) is 0 Å². The van der Waals surface area contributed by atoms with Crippen LogP contribution in [-0.2, 0) is 11.0 Å². The molecular formula is C28H28F8N6O2. The van der Waals surface area contributed by atoms with E-state index in [0.717, 1.165) is 25.1 Å². The molecule has 8 nitrogen and oxygen atoms in total. The highest BCUT2D eigenvalue weighted by molar-refractivity contribution is 5.92. The smallest absolute Gasteiger partial charge is 0.349 e. The van der Waals surface area contributed by atoms with E-state index in [9.17, 15) is 44.7 Å². The monoisotopic (exact) mass is 632 g/mol. The largest absolute Gasteiger partial charge is 0.416 e. The molecule has 3 aromatic rings. The van der Waals surface area contributed by atoms with E-state index in [-0.39, 0.29) is 30.1 Å². The average Bonchev–Trinajstić information content (AvgIpc) is 3.70. The Balaban J connectivity index is 1.41. The Morgan fingerprint density at radius 2 is 1.66 bits per heavy atom. The lowest BCUT2D eigenvalue weighted by Crippen LogP contribution is -2.37. The first kappa shape index (κ1) is 31.6. The van der Waals surface area contributed by atoms with E-state index in [1.165, 1.54) is 16.9 Å². The van der Waals surface area contributed by atoms with Gasteiger partial charge in [-0.2, -0.15) is 31.4 Å². The molecule has 0 aliphatic heterocycles. The number of amides is 2. The van der Waals surface area contributed by atoms with Gasteiger partial charge >= 0.3 is 12.4 Å². The number of fused-ring (bicyclic) bond motifs is 1. The Labute approximate surface area is 245 Å². The third-order valence-corrected chi connectivity index (χ3v) is 7.92. The maximum absolute atomic E-state index is 14.0. The van der Waals surface area contributed by atoms with Crippen LogP contribution in [0.2, 0.25) is 0 Å². The molecule has 16 heteroatoms. The lowest BCUT2D eigenvalue weighted by atomic mass is 9.81. The van der Waals surface area contributed by atoms with Crippen molar-refractivity contribution in [3.05, 3.63) is 59.3 Å². The molecule has 0 aromatic carbocycles. The van der Waals surface area contributed by atoms with Gasteiger partial charge in [0.15, 0.2) is 5.65 Å². The van der Waals surface area contributed by atoms with Crippen molar-refractivity contribution >= 4 is 17.5 Å². The maximum atomic E-state index is 14.0. The van der Waals surface area contributed by atoms with Gasteiger partial charge in [-0.1, -0.05) is 0 Å². The first-order chi connectivity index (χ1) is 20.6. The highest BCUT2D eigenvalue weighted by Gasteiger charge is 2.40. The van der Waals surface area contributed by atoms with Crippen molar-refractivity contribution in [3.8, 4) is 0 Å². The summed E-state index contributed by atoms with van der Waals surface area (Å²) in [6, 6.07) is 1.33. The summed E-state index contributed by atoms with van der Waals surface area (Å²) in [5.74, 6) is -5.12. The van der Waals surface area contributed by atoms with E-state index in [1.54, 1.807) is 6.07 Å². The highest BCUT2D eigenvalue weighted by Crippen LogP contribution is 2.43. The van der Waals surface area contributed by atoms with E-state index in [4.69, 9.17) is 0 Å². The molecule has 2 atom stereocenters. The van der Waals surface area contributed by atoms with Crippen LogP contribution in [0, 0.1) is 11.8 Å². The zero-order chi connectivity index (χ0) is 31.9. The summed E-state index contributed by atoms with van der Waals surface area (Å²) < 4.78 is 107. The summed E-state index contributed by atoms with van der Waals surface area (Å²) in [4.78, 5) is 33.6. The van der Waals surface area contributed by atoms with E-state index in [1.807, 2.05) is 0 Å². The Kier molecular flexibility index (Phi) is 8.55. The molecule has 0 unspecified atom stereocenters. The second kappa shape index (κ2) is 11.9. The minimum atomic E-state index is -4.71. The molecule has 2 amide bonds. The third-order valence-electron chi connectivity index (χ3n) is 7.92. The zero-order valence-electron chi connectivity index (χ0n) is 23.1. The van der Waals surface area contributed by atoms with Gasteiger partial charge in [0.2, 0.25) is 11.8 Å². The van der Waals surface area contributed by atoms with Crippen LogP contribution in [-0.4, -0.2) is 43.5 Å². The van der Waals surface area contributed by atoms with Crippen molar-refractivity contribution in [1.82, 2.24) is 30.2 Å². The molecule has 2 fully saturated rings. The van der Waals surface area contributed by atoms with Crippen LogP contribution in [0.4, 0.5) is 35.1 Å². The predicted molar refractivity (Wildman–Crippen MR) is 138 cm³/mol. The number of halogens is 8. The van der Waals surface area contributed by atoms with Gasteiger partial charge in [0.25, 0.3) is 5.91 Å². The van der Waals surface area contributed by atoms with Crippen LogP contribution >= 0.6 is 0 Å². The molecule has 238 valence electrons. The van der Waals surface area contributed by atoms with Crippen molar-refractivity contribution < 1.29 is 44.7 Å². The SMILES string of the molecule is O=C(CCC(F)(F)F)N[C@@H](c1cnn2cc([C@@H](NC(=O)c3cc(C(F)(F)F)ccn3)C3CCC(F)(F)CC3)nc2c1)C1CC1. The maximum Gasteiger partial charge on any atom is 0.416 e. The standard InChI is InChI=1S/C28H28F8N6O2/c29-26(30)7-3-16(4-8-26)24(41-25(44)19-12-18(6-10-37-19)28(34,35)36)20-14-42-21(39-20)11-17(13-38-42)23(15-1-2-15)40-22(43)5-9-27(31,32)33/h6,10-16,23-24H,1-5,7-9H2,(H,40,43)(H,41,44)/t23-,24+/m1/s1. The summed E-state index contributed by atoms with van der Waals surface area (Å²) in [7, 11) is 0. The molecule has 0 radical (unpaired) electrons. The number of carbonyl (C=O) groups is 2. The van der Waals surface area contributed by atoms with Crippen molar-refractivity contribution in [2.24, 2.45) is 11.8 Å². The van der Waals surface area contributed by atoms with E-state index in [0.29, 0.717) is 11.6 Å². The second-order valence-corrected chi connectivity index (χ2v) is 11.3. The molecule has 44 heavy (non-hydrogen) atoms. The zero-order valence-corrected chi connectivity index (χ0v) is 23.1. The van der Waals surface area contributed by atoms with Crippen LogP contribution in [0.25, 0.3) is 5.65 Å². The average molecular weight is 633 g/mol. The van der Waals surface area contributed by atoms with Gasteiger partial charge in [0.05, 0.1) is 42.2 Å². The van der Waals surface area contributed by atoms with Gasteiger partial charge in [-0.25, -0.2) is 18.3 Å².